The molecule has 7 nitrogen and oxygen atoms in total. The summed E-state index contributed by atoms with van der Waals surface area (Å²) in [6.45, 7) is 7.63. The van der Waals surface area contributed by atoms with E-state index in [0.29, 0.717) is 24.2 Å². The van der Waals surface area contributed by atoms with Crippen LogP contribution in [0.5, 0.6) is 5.75 Å². The standard InChI is InChI=1S/C23H26N4O3/c1-22(2)10-18-15(21(28)30-22)7-6-13(27-18)8-14-9-16-17(11-25-14)19(29-5)12-26-20(16)23(3,4)24/h6-7,9,11-12H,8,10,24H2,1-5H3. The molecule has 2 N–H and O–H groups in total. The summed E-state index contributed by atoms with van der Waals surface area (Å²) in [5.41, 5.74) is 8.95. The predicted molar refractivity (Wildman–Crippen MR) is 114 cm³/mol. The van der Waals surface area contributed by atoms with E-state index in [1.54, 1.807) is 25.6 Å². The van der Waals surface area contributed by atoms with Gasteiger partial charge < -0.3 is 15.2 Å². The number of carbonyl (C=O) groups excluding carboxylic acids is 1. The van der Waals surface area contributed by atoms with Crippen LogP contribution in [-0.4, -0.2) is 33.6 Å². The van der Waals surface area contributed by atoms with Crippen LogP contribution in [0, 0.1) is 0 Å². The van der Waals surface area contributed by atoms with Crippen LogP contribution in [0.3, 0.4) is 0 Å². The van der Waals surface area contributed by atoms with E-state index >= 15 is 0 Å². The minimum absolute atomic E-state index is 0.322. The van der Waals surface area contributed by atoms with Gasteiger partial charge in [0.25, 0.3) is 0 Å². The van der Waals surface area contributed by atoms with Gasteiger partial charge in [-0.15, -0.1) is 0 Å². The van der Waals surface area contributed by atoms with E-state index in [9.17, 15) is 4.79 Å². The minimum Gasteiger partial charge on any atom is -0.494 e. The van der Waals surface area contributed by atoms with Crippen LogP contribution in [-0.2, 0) is 23.1 Å². The van der Waals surface area contributed by atoms with Crippen LogP contribution < -0.4 is 10.5 Å². The molecule has 3 aromatic heterocycles. The molecule has 0 bridgehead atoms. The highest BCUT2D eigenvalue weighted by molar-refractivity contribution is 5.92. The summed E-state index contributed by atoms with van der Waals surface area (Å²) in [4.78, 5) is 26.1. The number of hydrogen-bond donors (Lipinski definition) is 1. The fourth-order valence-electron chi connectivity index (χ4n) is 3.82. The smallest absolute Gasteiger partial charge is 0.340 e. The van der Waals surface area contributed by atoms with E-state index in [-0.39, 0.29) is 5.97 Å². The van der Waals surface area contributed by atoms with E-state index in [1.165, 1.54) is 0 Å². The Morgan fingerprint density at radius 1 is 1.17 bits per heavy atom. The van der Waals surface area contributed by atoms with Gasteiger partial charge in [-0.3, -0.25) is 15.0 Å². The second kappa shape index (κ2) is 7.02. The molecule has 4 rings (SSSR count). The molecule has 4 heterocycles. The van der Waals surface area contributed by atoms with E-state index < -0.39 is 11.1 Å². The third-order valence-corrected chi connectivity index (χ3v) is 5.20. The number of esters is 1. The maximum atomic E-state index is 12.2. The number of hydrogen-bond acceptors (Lipinski definition) is 7. The average molecular weight is 406 g/mol. The summed E-state index contributed by atoms with van der Waals surface area (Å²) in [6, 6.07) is 5.63. The highest BCUT2D eigenvalue weighted by Crippen LogP contribution is 2.32. The van der Waals surface area contributed by atoms with Gasteiger partial charge in [-0.25, -0.2) is 4.79 Å². The number of nitrogens with two attached hydrogens (primary N) is 1. The van der Waals surface area contributed by atoms with Crippen LogP contribution in [0.25, 0.3) is 10.8 Å². The van der Waals surface area contributed by atoms with Gasteiger partial charge in [0.05, 0.1) is 35.8 Å². The SMILES string of the molecule is COc1cnc(C(C)(C)N)c2cc(Cc3ccc4c(n3)CC(C)(C)OC4=O)ncc12. The first-order valence-corrected chi connectivity index (χ1v) is 9.90. The number of nitrogens with zero attached hydrogens (tertiary/aromatic N) is 3. The Hall–Kier alpha value is -3.06. The van der Waals surface area contributed by atoms with Crippen molar-refractivity contribution in [2.75, 3.05) is 7.11 Å². The molecule has 0 fully saturated rings. The molecule has 3 aromatic rings. The molecule has 0 unspecified atom stereocenters. The molecular weight excluding hydrogens is 380 g/mol. The average Bonchev–Trinajstić information content (AvgIpc) is 2.64. The number of methoxy groups -OCH3 is 1. The quantitative estimate of drug-likeness (QED) is 0.664. The normalized spacial score (nSPS) is 15.6. The summed E-state index contributed by atoms with van der Waals surface area (Å²) in [5.74, 6) is 0.335. The largest absolute Gasteiger partial charge is 0.494 e. The number of ether oxygens (including phenoxy) is 2. The van der Waals surface area contributed by atoms with Gasteiger partial charge in [0.1, 0.15) is 11.4 Å². The topological polar surface area (TPSA) is 100 Å². The molecule has 30 heavy (non-hydrogen) atoms. The van der Waals surface area contributed by atoms with E-state index in [2.05, 4.69) is 9.97 Å². The fourth-order valence-corrected chi connectivity index (χ4v) is 3.82. The maximum Gasteiger partial charge on any atom is 0.340 e. The molecule has 1 aliphatic rings. The van der Waals surface area contributed by atoms with Crippen molar-refractivity contribution in [3.05, 3.63) is 58.9 Å². The molecule has 0 aliphatic carbocycles. The number of carbonyl (C=O) groups is 1. The van der Waals surface area contributed by atoms with Gasteiger partial charge in [0.15, 0.2) is 0 Å². The summed E-state index contributed by atoms with van der Waals surface area (Å²) in [7, 11) is 1.61. The second-order valence-corrected chi connectivity index (χ2v) is 8.92. The Balaban J connectivity index is 1.74. The van der Waals surface area contributed by atoms with Crippen LogP contribution in [0.15, 0.2) is 30.6 Å². The van der Waals surface area contributed by atoms with Crippen LogP contribution in [0.4, 0.5) is 0 Å². The molecular formula is C23H26N4O3. The van der Waals surface area contributed by atoms with Crippen LogP contribution >= 0.6 is 0 Å². The Kier molecular flexibility index (Phi) is 4.73. The first-order valence-electron chi connectivity index (χ1n) is 9.90. The van der Waals surface area contributed by atoms with Crippen molar-refractivity contribution in [1.82, 2.24) is 15.0 Å². The Labute approximate surface area is 175 Å². The maximum absolute atomic E-state index is 12.2. The van der Waals surface area contributed by atoms with E-state index in [4.69, 9.17) is 20.2 Å². The number of pyridine rings is 3. The molecule has 0 aromatic carbocycles. The lowest BCUT2D eigenvalue weighted by Crippen LogP contribution is -2.36. The first-order chi connectivity index (χ1) is 14.1. The van der Waals surface area contributed by atoms with Crippen molar-refractivity contribution in [2.24, 2.45) is 5.73 Å². The lowest BCUT2D eigenvalue weighted by molar-refractivity contribution is -0.00720. The third-order valence-electron chi connectivity index (χ3n) is 5.20. The van der Waals surface area contributed by atoms with Crippen molar-refractivity contribution in [3.63, 3.8) is 0 Å². The summed E-state index contributed by atoms with van der Waals surface area (Å²) < 4.78 is 10.9. The molecule has 0 saturated heterocycles. The summed E-state index contributed by atoms with van der Waals surface area (Å²) in [6.07, 6.45) is 4.58. The van der Waals surface area contributed by atoms with Gasteiger partial charge >= 0.3 is 5.97 Å². The zero-order valence-corrected chi connectivity index (χ0v) is 17.9. The second-order valence-electron chi connectivity index (χ2n) is 8.92. The number of rotatable bonds is 4. The van der Waals surface area contributed by atoms with E-state index in [0.717, 1.165) is 33.5 Å². The van der Waals surface area contributed by atoms with Gasteiger partial charge in [-0.1, -0.05) is 0 Å². The summed E-state index contributed by atoms with van der Waals surface area (Å²) in [5, 5.41) is 1.78. The number of aromatic nitrogens is 3. The third kappa shape index (κ3) is 3.73. The van der Waals surface area contributed by atoms with Gasteiger partial charge in [0, 0.05) is 41.2 Å². The highest BCUT2D eigenvalue weighted by Gasteiger charge is 2.33. The lowest BCUT2D eigenvalue weighted by atomic mass is 9.94. The first kappa shape index (κ1) is 20.2. The molecule has 0 radical (unpaired) electrons. The molecule has 0 spiro atoms. The highest BCUT2D eigenvalue weighted by atomic mass is 16.6. The number of cyclic esters (lactones) is 1. The molecule has 0 saturated carbocycles. The number of fused-ring (bicyclic) bond motifs is 2. The molecule has 0 amide bonds. The monoisotopic (exact) mass is 406 g/mol. The van der Waals surface area contributed by atoms with Crippen molar-refractivity contribution in [1.29, 1.82) is 0 Å². The predicted octanol–water partition coefficient (Wildman–Crippen LogP) is 3.31. The Bertz CT molecular complexity index is 1150. The van der Waals surface area contributed by atoms with Crippen molar-refractivity contribution >= 4 is 16.7 Å². The molecule has 1 aliphatic heterocycles. The van der Waals surface area contributed by atoms with Crippen LogP contribution in [0.1, 0.15) is 60.8 Å². The van der Waals surface area contributed by atoms with Gasteiger partial charge in [-0.05, 0) is 45.9 Å². The fraction of sp³-hybridized carbons (Fsp3) is 0.391. The molecule has 7 heteroatoms. The zero-order valence-electron chi connectivity index (χ0n) is 17.9. The lowest BCUT2D eigenvalue weighted by Gasteiger charge is -2.30. The molecule has 156 valence electrons. The van der Waals surface area contributed by atoms with E-state index in [1.807, 2.05) is 39.8 Å². The Morgan fingerprint density at radius 2 is 1.93 bits per heavy atom. The molecule has 0 atom stereocenters. The van der Waals surface area contributed by atoms with Crippen molar-refractivity contribution < 1.29 is 14.3 Å². The van der Waals surface area contributed by atoms with Crippen LogP contribution in [0.2, 0.25) is 0 Å². The Morgan fingerprint density at radius 3 is 2.63 bits per heavy atom. The minimum atomic E-state index is -0.612. The van der Waals surface area contributed by atoms with Gasteiger partial charge in [-0.2, -0.15) is 0 Å². The van der Waals surface area contributed by atoms with Crippen molar-refractivity contribution in [2.45, 2.75) is 51.7 Å². The van der Waals surface area contributed by atoms with Gasteiger partial charge in [0.2, 0.25) is 0 Å². The summed E-state index contributed by atoms with van der Waals surface area (Å²) >= 11 is 0. The van der Waals surface area contributed by atoms with Crippen molar-refractivity contribution in [3.8, 4) is 5.75 Å². The zero-order chi connectivity index (χ0) is 21.7.